The molecule has 8 heteroatoms. The molecule has 3 aromatic carbocycles. The van der Waals surface area contributed by atoms with E-state index in [9.17, 15) is 13.6 Å². The molecule has 0 saturated carbocycles. The van der Waals surface area contributed by atoms with Gasteiger partial charge in [0.1, 0.15) is 17.5 Å². The highest BCUT2D eigenvalue weighted by molar-refractivity contribution is 6.31. The Hall–Kier alpha value is -4.10. The molecule has 0 bridgehead atoms. The van der Waals surface area contributed by atoms with E-state index < -0.39 is 17.2 Å². The summed E-state index contributed by atoms with van der Waals surface area (Å²) in [6.45, 7) is 0.0265. The third-order valence-corrected chi connectivity index (χ3v) is 5.68. The zero-order valence-electron chi connectivity index (χ0n) is 17.7. The summed E-state index contributed by atoms with van der Waals surface area (Å²) in [4.78, 5) is 24.0. The van der Waals surface area contributed by atoms with E-state index >= 15 is 0 Å². The molecule has 0 amide bonds. The summed E-state index contributed by atoms with van der Waals surface area (Å²) in [5.41, 5.74) is 1.12. The lowest BCUT2D eigenvalue weighted by Gasteiger charge is -2.26. The van der Waals surface area contributed by atoms with Gasteiger partial charge in [-0.15, -0.1) is 0 Å². The number of benzene rings is 3. The Labute approximate surface area is 198 Å². The first-order valence-electron chi connectivity index (χ1n) is 10.4. The number of rotatable bonds is 5. The molecule has 5 nitrogen and oxygen atoms in total. The Bertz CT molecular complexity index is 1560. The fourth-order valence-electron chi connectivity index (χ4n) is 3.84. The van der Waals surface area contributed by atoms with E-state index in [2.05, 4.69) is 9.97 Å². The van der Waals surface area contributed by atoms with E-state index in [0.29, 0.717) is 22.6 Å². The second kappa shape index (κ2) is 9.03. The molecule has 34 heavy (non-hydrogen) atoms. The molecule has 0 spiro atoms. The average molecular weight is 475 g/mol. The minimum Gasteiger partial charge on any atom is -0.331 e. The Morgan fingerprint density at radius 2 is 1.68 bits per heavy atom. The van der Waals surface area contributed by atoms with Gasteiger partial charge in [-0.1, -0.05) is 41.9 Å². The number of hydrogen-bond donors (Lipinski definition) is 0. The fourth-order valence-corrected chi connectivity index (χ4v) is 4.04. The van der Waals surface area contributed by atoms with E-state index in [0.717, 1.165) is 6.07 Å². The number of anilines is 2. The van der Waals surface area contributed by atoms with E-state index in [1.807, 2.05) is 30.3 Å². The van der Waals surface area contributed by atoms with E-state index in [4.69, 9.17) is 11.6 Å². The van der Waals surface area contributed by atoms with Crippen LogP contribution in [-0.4, -0.2) is 14.5 Å². The van der Waals surface area contributed by atoms with Gasteiger partial charge in [-0.3, -0.25) is 9.36 Å². The highest BCUT2D eigenvalue weighted by Gasteiger charge is 2.21. The maximum Gasteiger partial charge on any atom is 0.266 e. The third kappa shape index (κ3) is 4.02. The Morgan fingerprint density at radius 3 is 2.44 bits per heavy atom. The van der Waals surface area contributed by atoms with Gasteiger partial charge in [0.05, 0.1) is 28.8 Å². The van der Waals surface area contributed by atoms with Gasteiger partial charge in [0.25, 0.3) is 5.56 Å². The molecule has 0 atom stereocenters. The summed E-state index contributed by atoms with van der Waals surface area (Å²) in [6, 6.07) is 22.7. The van der Waals surface area contributed by atoms with Gasteiger partial charge in [-0.05, 0) is 54.6 Å². The summed E-state index contributed by atoms with van der Waals surface area (Å²) >= 11 is 6.33. The molecule has 0 aliphatic heterocycles. The Morgan fingerprint density at radius 1 is 0.912 bits per heavy atom. The zero-order valence-corrected chi connectivity index (χ0v) is 18.5. The van der Waals surface area contributed by atoms with Crippen LogP contribution in [-0.2, 0) is 6.54 Å². The molecular formula is C26H17ClF2N4O. The quantitative estimate of drug-likeness (QED) is 0.291. The van der Waals surface area contributed by atoms with Crippen LogP contribution in [0.3, 0.4) is 0 Å². The van der Waals surface area contributed by atoms with Crippen molar-refractivity contribution in [3.05, 3.63) is 124 Å². The molecular weight excluding hydrogens is 458 g/mol. The number of halogens is 3. The van der Waals surface area contributed by atoms with Crippen LogP contribution in [0.1, 0.15) is 5.82 Å². The van der Waals surface area contributed by atoms with E-state index in [-0.39, 0.29) is 22.9 Å². The molecule has 0 saturated heterocycles. The SMILES string of the molecule is O=c1c2cc(F)ccc2nc(CN(c2ccccc2)c2ccccc2F)n1-c1cccnc1Cl. The maximum atomic E-state index is 14.9. The zero-order chi connectivity index (χ0) is 23.7. The third-order valence-electron chi connectivity index (χ3n) is 5.39. The van der Waals surface area contributed by atoms with Crippen molar-refractivity contribution in [2.75, 3.05) is 4.90 Å². The normalized spacial score (nSPS) is 11.0. The van der Waals surface area contributed by atoms with Crippen LogP contribution in [0.2, 0.25) is 5.15 Å². The lowest BCUT2D eigenvalue weighted by atomic mass is 10.2. The first-order valence-corrected chi connectivity index (χ1v) is 10.8. The van der Waals surface area contributed by atoms with Gasteiger partial charge in [0.15, 0.2) is 5.15 Å². The predicted octanol–water partition coefficient (Wildman–Crippen LogP) is 6.05. The van der Waals surface area contributed by atoms with E-state index in [1.54, 1.807) is 35.2 Å². The molecule has 5 rings (SSSR count). The largest absolute Gasteiger partial charge is 0.331 e. The summed E-state index contributed by atoms with van der Waals surface area (Å²) < 4.78 is 30.2. The van der Waals surface area contributed by atoms with Gasteiger partial charge in [-0.2, -0.15) is 0 Å². The molecule has 0 unspecified atom stereocenters. The standard InChI is InChI=1S/C26H17ClF2N4O/c27-25-23(11-6-14-30-25)33-24(31-21-13-12-17(28)15-19(21)26(33)34)16-32(18-7-2-1-3-8-18)22-10-5-4-9-20(22)29/h1-15H,16H2. The first kappa shape index (κ1) is 21.7. The van der Waals surface area contributed by atoms with Crippen LogP contribution in [0.5, 0.6) is 0 Å². The molecule has 0 radical (unpaired) electrons. The lowest BCUT2D eigenvalue weighted by Crippen LogP contribution is -2.29. The predicted molar refractivity (Wildman–Crippen MR) is 129 cm³/mol. The molecule has 2 aromatic heterocycles. The molecule has 168 valence electrons. The van der Waals surface area contributed by atoms with E-state index in [1.165, 1.54) is 29.0 Å². The topological polar surface area (TPSA) is 51.0 Å². The number of aromatic nitrogens is 3. The van der Waals surface area contributed by atoms with Crippen molar-refractivity contribution in [1.29, 1.82) is 0 Å². The molecule has 0 aliphatic rings. The molecule has 5 aromatic rings. The molecule has 2 heterocycles. The molecule has 0 aliphatic carbocycles. The van der Waals surface area contributed by atoms with Crippen molar-refractivity contribution >= 4 is 33.9 Å². The van der Waals surface area contributed by atoms with Crippen LogP contribution in [0, 0.1) is 11.6 Å². The van der Waals surface area contributed by atoms with Crippen LogP contribution >= 0.6 is 11.6 Å². The molecule has 0 fully saturated rings. The van der Waals surface area contributed by atoms with Crippen LogP contribution in [0.4, 0.5) is 20.2 Å². The van der Waals surface area contributed by atoms with Crippen LogP contribution in [0.25, 0.3) is 16.6 Å². The number of pyridine rings is 1. The van der Waals surface area contributed by atoms with Crippen molar-refractivity contribution in [2.24, 2.45) is 0 Å². The number of fused-ring (bicyclic) bond motifs is 1. The van der Waals surface area contributed by atoms with Crippen molar-refractivity contribution in [1.82, 2.24) is 14.5 Å². The fraction of sp³-hybridized carbons (Fsp3) is 0.0385. The second-order valence-electron chi connectivity index (χ2n) is 7.52. The maximum absolute atomic E-state index is 14.9. The van der Waals surface area contributed by atoms with Gasteiger partial charge in [-0.25, -0.2) is 18.7 Å². The van der Waals surface area contributed by atoms with Crippen LogP contribution < -0.4 is 10.5 Å². The number of hydrogen-bond acceptors (Lipinski definition) is 4. The van der Waals surface area contributed by atoms with Crippen LogP contribution in [0.15, 0.2) is 95.9 Å². The van der Waals surface area contributed by atoms with Crippen molar-refractivity contribution in [2.45, 2.75) is 6.54 Å². The minimum absolute atomic E-state index is 0.0265. The summed E-state index contributed by atoms with van der Waals surface area (Å²) in [5.74, 6) is -0.700. The number of para-hydroxylation sites is 2. The van der Waals surface area contributed by atoms with Crippen molar-refractivity contribution < 1.29 is 8.78 Å². The first-order chi connectivity index (χ1) is 16.5. The monoisotopic (exact) mass is 474 g/mol. The summed E-state index contributed by atoms with van der Waals surface area (Å²) in [5, 5.41) is 0.182. The van der Waals surface area contributed by atoms with Gasteiger partial charge in [0, 0.05) is 11.9 Å². The highest BCUT2D eigenvalue weighted by atomic mass is 35.5. The number of nitrogens with zero attached hydrogens (tertiary/aromatic N) is 4. The Kier molecular flexibility index (Phi) is 5.77. The Balaban J connectivity index is 1.77. The highest BCUT2D eigenvalue weighted by Crippen LogP contribution is 2.30. The second-order valence-corrected chi connectivity index (χ2v) is 7.87. The smallest absolute Gasteiger partial charge is 0.266 e. The molecule has 0 N–H and O–H groups in total. The average Bonchev–Trinajstić information content (AvgIpc) is 2.85. The summed E-state index contributed by atoms with van der Waals surface area (Å²) in [6.07, 6.45) is 1.50. The lowest BCUT2D eigenvalue weighted by molar-refractivity contribution is 0.622. The van der Waals surface area contributed by atoms with Gasteiger partial charge < -0.3 is 4.90 Å². The van der Waals surface area contributed by atoms with Gasteiger partial charge >= 0.3 is 0 Å². The van der Waals surface area contributed by atoms with Crippen molar-refractivity contribution in [3.8, 4) is 5.69 Å². The minimum atomic E-state index is -0.555. The summed E-state index contributed by atoms with van der Waals surface area (Å²) in [7, 11) is 0. The van der Waals surface area contributed by atoms with Crippen molar-refractivity contribution in [3.63, 3.8) is 0 Å². The van der Waals surface area contributed by atoms with Gasteiger partial charge in [0.2, 0.25) is 0 Å².